The van der Waals surface area contributed by atoms with Crippen LogP contribution >= 0.6 is 0 Å². The van der Waals surface area contributed by atoms with Crippen molar-refractivity contribution in [2.24, 2.45) is 0 Å². The van der Waals surface area contributed by atoms with E-state index in [0.717, 1.165) is 44.7 Å². The molecule has 4 rings (SSSR count). The van der Waals surface area contributed by atoms with Crippen LogP contribution in [0.3, 0.4) is 0 Å². The van der Waals surface area contributed by atoms with Crippen molar-refractivity contribution in [3.8, 4) is 0 Å². The standard InChI is InChI=1S/C15H22N8/c1-10-17-14(16)19-15(18-10)22-8-5-11(6-9-22)13-21-20-12-4-2-3-7-23(12)13/h11H,2-9H2,1H3,(H2,16,17,18,19). The minimum atomic E-state index is 0.293. The summed E-state index contributed by atoms with van der Waals surface area (Å²) in [7, 11) is 0. The fraction of sp³-hybridized carbons (Fsp3) is 0.667. The average molecular weight is 314 g/mol. The molecule has 0 spiro atoms. The largest absolute Gasteiger partial charge is 0.368 e. The van der Waals surface area contributed by atoms with E-state index in [0.29, 0.717) is 23.6 Å². The van der Waals surface area contributed by atoms with E-state index in [9.17, 15) is 0 Å². The molecule has 0 aliphatic carbocycles. The molecule has 8 nitrogen and oxygen atoms in total. The SMILES string of the molecule is Cc1nc(N)nc(N2CCC(c3nnc4n3CCCC4)CC2)n1. The topological polar surface area (TPSA) is 98.6 Å². The van der Waals surface area contributed by atoms with Crippen molar-refractivity contribution in [2.75, 3.05) is 23.7 Å². The molecule has 0 amide bonds. The molecule has 0 radical (unpaired) electrons. The Morgan fingerprint density at radius 1 is 1.00 bits per heavy atom. The Kier molecular flexibility index (Phi) is 3.59. The first kappa shape index (κ1) is 14.3. The van der Waals surface area contributed by atoms with Gasteiger partial charge in [-0.05, 0) is 32.6 Å². The fourth-order valence-electron chi connectivity index (χ4n) is 3.60. The molecule has 2 aliphatic rings. The van der Waals surface area contributed by atoms with Crippen LogP contribution < -0.4 is 10.6 Å². The van der Waals surface area contributed by atoms with E-state index >= 15 is 0 Å². The van der Waals surface area contributed by atoms with Gasteiger partial charge in [-0.3, -0.25) is 0 Å². The van der Waals surface area contributed by atoms with Crippen LogP contribution in [-0.2, 0) is 13.0 Å². The molecule has 122 valence electrons. The number of hydrogen-bond donors (Lipinski definition) is 1. The maximum Gasteiger partial charge on any atom is 0.230 e. The molecule has 0 atom stereocenters. The zero-order valence-electron chi connectivity index (χ0n) is 13.4. The summed E-state index contributed by atoms with van der Waals surface area (Å²) in [5.74, 6) is 4.46. The van der Waals surface area contributed by atoms with Gasteiger partial charge in [-0.2, -0.15) is 15.0 Å². The van der Waals surface area contributed by atoms with Gasteiger partial charge < -0.3 is 15.2 Å². The number of fused-ring (bicyclic) bond motifs is 1. The lowest BCUT2D eigenvalue weighted by Gasteiger charge is -2.32. The molecule has 0 saturated carbocycles. The maximum atomic E-state index is 5.74. The Morgan fingerprint density at radius 2 is 1.83 bits per heavy atom. The first-order valence-electron chi connectivity index (χ1n) is 8.36. The van der Waals surface area contributed by atoms with Crippen LogP contribution in [0.2, 0.25) is 0 Å². The average Bonchev–Trinajstić information content (AvgIpc) is 2.98. The van der Waals surface area contributed by atoms with Gasteiger partial charge >= 0.3 is 0 Å². The molecule has 2 N–H and O–H groups in total. The molecule has 1 fully saturated rings. The number of rotatable bonds is 2. The highest BCUT2D eigenvalue weighted by atomic mass is 15.3. The van der Waals surface area contributed by atoms with E-state index in [1.54, 1.807) is 0 Å². The number of nitrogens with zero attached hydrogens (tertiary/aromatic N) is 7. The van der Waals surface area contributed by atoms with Gasteiger partial charge in [-0.1, -0.05) is 0 Å². The van der Waals surface area contributed by atoms with Crippen LogP contribution in [-0.4, -0.2) is 42.8 Å². The van der Waals surface area contributed by atoms with Crippen molar-refractivity contribution in [1.29, 1.82) is 0 Å². The summed E-state index contributed by atoms with van der Waals surface area (Å²) in [5.41, 5.74) is 5.74. The third-order valence-corrected chi connectivity index (χ3v) is 4.78. The maximum absolute atomic E-state index is 5.74. The summed E-state index contributed by atoms with van der Waals surface area (Å²) < 4.78 is 2.34. The predicted octanol–water partition coefficient (Wildman–Crippen LogP) is 1.07. The Balaban J connectivity index is 1.48. The summed E-state index contributed by atoms with van der Waals surface area (Å²) >= 11 is 0. The van der Waals surface area contributed by atoms with E-state index in [4.69, 9.17) is 5.73 Å². The van der Waals surface area contributed by atoms with Crippen molar-refractivity contribution in [2.45, 2.75) is 51.5 Å². The molecule has 1 saturated heterocycles. The Morgan fingerprint density at radius 3 is 2.61 bits per heavy atom. The van der Waals surface area contributed by atoms with Crippen LogP contribution in [0.15, 0.2) is 0 Å². The predicted molar refractivity (Wildman–Crippen MR) is 86.1 cm³/mol. The molecule has 2 aromatic heterocycles. The highest BCUT2D eigenvalue weighted by molar-refractivity contribution is 5.35. The number of nitrogen functional groups attached to an aromatic ring is 1. The molecule has 4 heterocycles. The number of aromatic nitrogens is 6. The fourth-order valence-corrected chi connectivity index (χ4v) is 3.60. The lowest BCUT2D eigenvalue weighted by molar-refractivity contribution is 0.438. The van der Waals surface area contributed by atoms with Crippen molar-refractivity contribution < 1.29 is 0 Å². The number of piperidine rings is 1. The van der Waals surface area contributed by atoms with Crippen molar-refractivity contribution in [3.63, 3.8) is 0 Å². The zero-order chi connectivity index (χ0) is 15.8. The van der Waals surface area contributed by atoms with Gasteiger partial charge in [0.25, 0.3) is 0 Å². The Bertz CT molecular complexity index is 681. The van der Waals surface area contributed by atoms with E-state index in [1.165, 1.54) is 18.7 Å². The zero-order valence-corrected chi connectivity index (χ0v) is 13.4. The van der Waals surface area contributed by atoms with Crippen LogP contribution in [0.25, 0.3) is 0 Å². The van der Waals surface area contributed by atoms with E-state index in [1.807, 2.05) is 6.92 Å². The molecule has 2 aromatic rings. The van der Waals surface area contributed by atoms with Crippen molar-refractivity contribution >= 4 is 11.9 Å². The number of nitrogens with two attached hydrogens (primary N) is 1. The minimum Gasteiger partial charge on any atom is -0.368 e. The molecule has 0 unspecified atom stereocenters. The molecular weight excluding hydrogens is 292 g/mol. The second-order valence-electron chi connectivity index (χ2n) is 6.39. The van der Waals surface area contributed by atoms with Gasteiger partial charge in [0.15, 0.2) is 0 Å². The molecular formula is C15H22N8. The third-order valence-electron chi connectivity index (χ3n) is 4.78. The van der Waals surface area contributed by atoms with Gasteiger partial charge in [0.05, 0.1) is 0 Å². The van der Waals surface area contributed by atoms with Gasteiger partial charge in [0, 0.05) is 32.0 Å². The second-order valence-corrected chi connectivity index (χ2v) is 6.39. The van der Waals surface area contributed by atoms with Gasteiger partial charge in [0.2, 0.25) is 11.9 Å². The van der Waals surface area contributed by atoms with E-state index < -0.39 is 0 Å². The minimum absolute atomic E-state index is 0.293. The van der Waals surface area contributed by atoms with Crippen LogP contribution in [0, 0.1) is 6.92 Å². The van der Waals surface area contributed by atoms with E-state index in [2.05, 4.69) is 34.6 Å². The summed E-state index contributed by atoms with van der Waals surface area (Å²) in [6, 6.07) is 0. The summed E-state index contributed by atoms with van der Waals surface area (Å²) in [6.07, 6.45) is 5.62. The third kappa shape index (κ3) is 2.73. The quantitative estimate of drug-likeness (QED) is 0.885. The van der Waals surface area contributed by atoms with Gasteiger partial charge in [0.1, 0.15) is 17.5 Å². The Hall–Kier alpha value is -2.25. The normalized spacial score (nSPS) is 18.9. The first-order chi connectivity index (χ1) is 11.2. The van der Waals surface area contributed by atoms with Crippen LogP contribution in [0.1, 0.15) is 49.1 Å². The Labute approximate surface area is 135 Å². The first-order valence-corrected chi connectivity index (χ1v) is 8.36. The molecule has 0 bridgehead atoms. The van der Waals surface area contributed by atoms with E-state index in [-0.39, 0.29) is 0 Å². The molecule has 8 heteroatoms. The molecule has 0 aromatic carbocycles. The number of anilines is 2. The monoisotopic (exact) mass is 314 g/mol. The highest BCUT2D eigenvalue weighted by Crippen LogP contribution is 2.30. The van der Waals surface area contributed by atoms with Crippen molar-refractivity contribution in [1.82, 2.24) is 29.7 Å². The van der Waals surface area contributed by atoms with Crippen LogP contribution in [0.4, 0.5) is 11.9 Å². The molecule has 23 heavy (non-hydrogen) atoms. The summed E-state index contributed by atoms with van der Waals surface area (Å²) in [4.78, 5) is 14.9. The summed E-state index contributed by atoms with van der Waals surface area (Å²) in [6.45, 7) is 4.74. The summed E-state index contributed by atoms with van der Waals surface area (Å²) in [5, 5.41) is 8.86. The number of hydrogen-bond acceptors (Lipinski definition) is 7. The number of aryl methyl sites for hydroxylation is 2. The smallest absolute Gasteiger partial charge is 0.230 e. The van der Waals surface area contributed by atoms with Crippen LogP contribution in [0.5, 0.6) is 0 Å². The van der Waals surface area contributed by atoms with Crippen molar-refractivity contribution in [3.05, 3.63) is 17.5 Å². The second kappa shape index (κ2) is 5.75. The lowest BCUT2D eigenvalue weighted by atomic mass is 9.95. The van der Waals surface area contributed by atoms with Gasteiger partial charge in [-0.15, -0.1) is 10.2 Å². The lowest BCUT2D eigenvalue weighted by Crippen LogP contribution is -2.35. The van der Waals surface area contributed by atoms with Gasteiger partial charge in [-0.25, -0.2) is 0 Å². The molecule has 2 aliphatic heterocycles. The highest BCUT2D eigenvalue weighted by Gasteiger charge is 2.28.